The second kappa shape index (κ2) is 8.00. The number of nitrogens with zero attached hydrogens (tertiary/aromatic N) is 3. The molecule has 0 fully saturated rings. The Hall–Kier alpha value is -3.45. The maximum Gasteiger partial charge on any atom is 0.348 e. The zero-order valence-electron chi connectivity index (χ0n) is 17.1. The van der Waals surface area contributed by atoms with Gasteiger partial charge in [-0.2, -0.15) is 5.10 Å². The monoisotopic (exact) mass is 431 g/mol. The first-order valence-corrected chi connectivity index (χ1v) is 11.0. The highest BCUT2D eigenvalue weighted by Gasteiger charge is 2.24. The van der Waals surface area contributed by atoms with Crippen molar-refractivity contribution in [2.45, 2.75) is 19.8 Å². The number of anilines is 1. The number of amides is 1. The van der Waals surface area contributed by atoms with Crippen molar-refractivity contribution in [2.24, 2.45) is 0 Å². The Labute approximate surface area is 183 Å². The van der Waals surface area contributed by atoms with Gasteiger partial charge in [0.25, 0.3) is 5.91 Å². The molecule has 3 heterocycles. The fourth-order valence-corrected chi connectivity index (χ4v) is 5.04. The molecule has 0 N–H and O–H groups in total. The molecule has 4 aromatic rings. The van der Waals surface area contributed by atoms with Crippen LogP contribution in [0.15, 0.2) is 60.7 Å². The molecule has 156 valence electrons. The lowest BCUT2D eigenvalue weighted by Gasteiger charge is -2.29. The van der Waals surface area contributed by atoms with Gasteiger partial charge in [0.2, 0.25) is 0 Å². The standard InChI is InChI=1S/C24H21N3O3S/c1-16-19-14-21(31-23(19)27(25-16)18-10-3-2-4-11-18)24(29)30-15-22(28)26-13-7-9-17-8-5-6-12-20(17)26/h2-6,8,10-12,14H,7,9,13,15H2,1H3. The van der Waals surface area contributed by atoms with Crippen LogP contribution in [0.1, 0.15) is 27.3 Å². The second-order valence-corrected chi connectivity index (χ2v) is 8.55. The van der Waals surface area contributed by atoms with Crippen LogP contribution >= 0.6 is 11.3 Å². The van der Waals surface area contributed by atoms with Crippen LogP contribution in [0.2, 0.25) is 0 Å². The van der Waals surface area contributed by atoms with Crippen molar-refractivity contribution in [1.29, 1.82) is 0 Å². The largest absolute Gasteiger partial charge is 0.451 e. The van der Waals surface area contributed by atoms with Gasteiger partial charge >= 0.3 is 5.97 Å². The number of thiophene rings is 1. The number of aromatic nitrogens is 2. The van der Waals surface area contributed by atoms with Gasteiger partial charge in [0, 0.05) is 17.6 Å². The first-order chi connectivity index (χ1) is 15.1. The van der Waals surface area contributed by atoms with Crippen molar-refractivity contribution in [1.82, 2.24) is 9.78 Å². The van der Waals surface area contributed by atoms with Crippen LogP contribution in [-0.2, 0) is 16.0 Å². The van der Waals surface area contributed by atoms with Crippen LogP contribution in [0.3, 0.4) is 0 Å². The predicted octanol–water partition coefficient (Wildman–Crippen LogP) is 4.53. The quantitative estimate of drug-likeness (QED) is 0.445. The number of carbonyl (C=O) groups excluding carboxylic acids is 2. The molecule has 0 unspecified atom stereocenters. The molecule has 2 aromatic carbocycles. The number of carbonyl (C=O) groups is 2. The van der Waals surface area contributed by atoms with Crippen LogP contribution in [0.4, 0.5) is 5.69 Å². The van der Waals surface area contributed by atoms with Crippen molar-refractivity contribution >= 4 is 39.1 Å². The number of benzene rings is 2. The lowest BCUT2D eigenvalue weighted by molar-refractivity contribution is -0.121. The van der Waals surface area contributed by atoms with E-state index in [-0.39, 0.29) is 12.5 Å². The summed E-state index contributed by atoms with van der Waals surface area (Å²) in [7, 11) is 0. The number of hydrogen-bond donors (Lipinski definition) is 0. The van der Waals surface area contributed by atoms with Gasteiger partial charge in [0.05, 0.1) is 11.4 Å². The van der Waals surface area contributed by atoms with E-state index >= 15 is 0 Å². The van der Waals surface area contributed by atoms with Gasteiger partial charge < -0.3 is 9.64 Å². The number of aryl methyl sites for hydroxylation is 2. The van der Waals surface area contributed by atoms with E-state index in [2.05, 4.69) is 5.10 Å². The Kier molecular flexibility index (Phi) is 5.03. The molecule has 31 heavy (non-hydrogen) atoms. The van der Waals surface area contributed by atoms with Crippen LogP contribution < -0.4 is 4.90 Å². The van der Waals surface area contributed by atoms with E-state index in [0.717, 1.165) is 45.7 Å². The summed E-state index contributed by atoms with van der Waals surface area (Å²) in [6.07, 6.45) is 1.86. The Morgan fingerprint density at radius 3 is 2.71 bits per heavy atom. The summed E-state index contributed by atoms with van der Waals surface area (Å²) in [6, 6.07) is 19.5. The van der Waals surface area contributed by atoms with Crippen molar-refractivity contribution in [3.8, 4) is 5.69 Å². The second-order valence-electron chi connectivity index (χ2n) is 7.52. The summed E-state index contributed by atoms with van der Waals surface area (Å²) >= 11 is 1.32. The van der Waals surface area contributed by atoms with E-state index in [4.69, 9.17) is 4.74 Å². The first-order valence-electron chi connectivity index (χ1n) is 10.2. The molecule has 1 aliphatic heterocycles. The molecule has 0 saturated carbocycles. The van der Waals surface area contributed by atoms with E-state index in [1.54, 1.807) is 11.0 Å². The first kappa shape index (κ1) is 19.5. The van der Waals surface area contributed by atoms with E-state index in [9.17, 15) is 9.59 Å². The lowest BCUT2D eigenvalue weighted by Crippen LogP contribution is -2.38. The van der Waals surface area contributed by atoms with E-state index < -0.39 is 5.97 Å². The van der Waals surface area contributed by atoms with Gasteiger partial charge in [0.1, 0.15) is 9.71 Å². The van der Waals surface area contributed by atoms with Crippen LogP contribution in [0, 0.1) is 6.92 Å². The van der Waals surface area contributed by atoms with E-state index in [1.165, 1.54) is 11.3 Å². The molecule has 0 bridgehead atoms. The zero-order chi connectivity index (χ0) is 21.4. The van der Waals surface area contributed by atoms with Crippen molar-refractivity contribution < 1.29 is 14.3 Å². The summed E-state index contributed by atoms with van der Waals surface area (Å²) in [4.78, 5) is 28.5. The number of rotatable bonds is 4. The molecule has 7 heteroatoms. The Morgan fingerprint density at radius 2 is 1.87 bits per heavy atom. The summed E-state index contributed by atoms with van der Waals surface area (Å²) in [5.41, 5.74) is 3.84. The molecular formula is C24H21N3O3S. The van der Waals surface area contributed by atoms with Crippen molar-refractivity contribution in [3.63, 3.8) is 0 Å². The average Bonchev–Trinajstić information content (AvgIpc) is 3.38. The minimum atomic E-state index is -0.487. The summed E-state index contributed by atoms with van der Waals surface area (Å²) in [6.45, 7) is 2.29. The normalized spacial score (nSPS) is 13.3. The highest BCUT2D eigenvalue weighted by atomic mass is 32.1. The van der Waals surface area contributed by atoms with Gasteiger partial charge in [0.15, 0.2) is 6.61 Å². The third-order valence-corrected chi connectivity index (χ3v) is 6.58. The summed E-state index contributed by atoms with van der Waals surface area (Å²) in [5.74, 6) is -0.688. The number of fused-ring (bicyclic) bond motifs is 2. The lowest BCUT2D eigenvalue weighted by atomic mass is 10.0. The molecule has 6 nitrogen and oxygen atoms in total. The van der Waals surface area contributed by atoms with Crippen molar-refractivity contribution in [2.75, 3.05) is 18.1 Å². The molecule has 0 spiro atoms. The minimum Gasteiger partial charge on any atom is -0.451 e. The van der Waals surface area contributed by atoms with Gasteiger partial charge in [-0.1, -0.05) is 36.4 Å². The third kappa shape index (κ3) is 3.61. The SMILES string of the molecule is Cc1nn(-c2ccccc2)c2sc(C(=O)OCC(=O)N3CCCc4ccccc43)cc12. The van der Waals surface area contributed by atoms with Gasteiger partial charge in [-0.15, -0.1) is 11.3 Å². The summed E-state index contributed by atoms with van der Waals surface area (Å²) < 4.78 is 7.23. The Morgan fingerprint density at radius 1 is 1.10 bits per heavy atom. The molecule has 0 atom stereocenters. The molecular weight excluding hydrogens is 410 g/mol. The number of hydrogen-bond acceptors (Lipinski definition) is 5. The van der Waals surface area contributed by atoms with Crippen LogP contribution in [0.5, 0.6) is 0 Å². The van der Waals surface area contributed by atoms with E-state index in [1.807, 2.05) is 66.2 Å². The van der Waals surface area contributed by atoms with Gasteiger partial charge in [-0.3, -0.25) is 4.79 Å². The number of para-hydroxylation sites is 2. The van der Waals surface area contributed by atoms with Crippen LogP contribution in [-0.4, -0.2) is 34.8 Å². The molecule has 0 saturated heterocycles. The molecule has 1 aliphatic rings. The fraction of sp³-hybridized carbons (Fsp3) is 0.208. The topological polar surface area (TPSA) is 64.4 Å². The Bertz CT molecular complexity index is 1280. The average molecular weight is 432 g/mol. The predicted molar refractivity (Wildman–Crippen MR) is 121 cm³/mol. The smallest absolute Gasteiger partial charge is 0.348 e. The highest BCUT2D eigenvalue weighted by molar-refractivity contribution is 7.20. The number of esters is 1. The van der Waals surface area contributed by atoms with Gasteiger partial charge in [-0.05, 0) is 49.6 Å². The maximum absolute atomic E-state index is 12.7. The summed E-state index contributed by atoms with van der Waals surface area (Å²) in [5, 5.41) is 5.51. The molecule has 2 aromatic heterocycles. The minimum absolute atomic E-state index is 0.201. The fourth-order valence-electron chi connectivity index (χ4n) is 3.96. The van der Waals surface area contributed by atoms with E-state index in [0.29, 0.717) is 11.4 Å². The maximum atomic E-state index is 12.7. The molecule has 5 rings (SSSR count). The van der Waals surface area contributed by atoms with Gasteiger partial charge in [-0.25, -0.2) is 9.48 Å². The third-order valence-electron chi connectivity index (χ3n) is 5.48. The van der Waals surface area contributed by atoms with Crippen LogP contribution in [0.25, 0.3) is 15.9 Å². The highest BCUT2D eigenvalue weighted by Crippen LogP contribution is 2.31. The molecule has 1 amide bonds. The molecule has 0 aliphatic carbocycles. The van der Waals surface area contributed by atoms with Crippen molar-refractivity contribution in [3.05, 3.63) is 76.8 Å². The number of ether oxygens (including phenoxy) is 1. The molecule has 0 radical (unpaired) electrons. The Balaban J connectivity index is 1.33. The zero-order valence-corrected chi connectivity index (χ0v) is 17.9.